The first-order valence-electron chi connectivity index (χ1n) is 12.1. The number of para-hydroxylation sites is 2. The van der Waals surface area contributed by atoms with Crippen LogP contribution in [0, 0.1) is 18.3 Å². The summed E-state index contributed by atoms with van der Waals surface area (Å²) in [6, 6.07) is 28.3. The van der Waals surface area contributed by atoms with Gasteiger partial charge in [-0.15, -0.1) is 0 Å². The van der Waals surface area contributed by atoms with Crippen molar-refractivity contribution in [2.75, 3.05) is 5.32 Å². The lowest BCUT2D eigenvalue weighted by atomic mass is 10.1. The Kier molecular flexibility index (Phi) is 7.12. The summed E-state index contributed by atoms with van der Waals surface area (Å²) in [6.07, 6.45) is 3.26. The second-order valence-electron chi connectivity index (χ2n) is 8.78. The topological polar surface area (TPSA) is 97.6 Å². The predicted octanol–water partition coefficient (Wildman–Crippen LogP) is 5.65. The molecule has 0 aliphatic heterocycles. The van der Waals surface area contributed by atoms with Crippen LogP contribution in [-0.2, 0) is 11.8 Å². The van der Waals surface area contributed by atoms with E-state index in [1.807, 2.05) is 78.9 Å². The maximum Gasteiger partial charge on any atom is 0.295 e. The molecule has 192 valence electrons. The minimum Gasteiger partial charge on any atom is -0.315 e. The zero-order valence-corrected chi connectivity index (χ0v) is 22.8. The molecular formula is C30H23BrN6O2. The molecule has 0 aliphatic carbocycles. The van der Waals surface area contributed by atoms with E-state index in [9.17, 15) is 14.9 Å². The molecule has 3 aromatic carbocycles. The van der Waals surface area contributed by atoms with Gasteiger partial charge in [0.05, 0.1) is 22.8 Å². The van der Waals surface area contributed by atoms with Gasteiger partial charge in [0.15, 0.2) is 0 Å². The molecule has 0 fully saturated rings. The van der Waals surface area contributed by atoms with E-state index < -0.39 is 5.91 Å². The van der Waals surface area contributed by atoms with Crippen molar-refractivity contribution in [2.45, 2.75) is 6.92 Å². The third-order valence-electron chi connectivity index (χ3n) is 6.34. The highest BCUT2D eigenvalue weighted by Crippen LogP contribution is 2.27. The maximum absolute atomic E-state index is 13.3. The molecule has 1 N–H and O–H groups in total. The van der Waals surface area contributed by atoms with Crippen LogP contribution in [0.25, 0.3) is 28.7 Å². The number of carbonyl (C=O) groups is 1. The van der Waals surface area contributed by atoms with E-state index in [-0.39, 0.29) is 16.8 Å². The van der Waals surface area contributed by atoms with Crippen molar-refractivity contribution in [2.24, 2.45) is 7.05 Å². The molecule has 0 bridgehead atoms. The van der Waals surface area contributed by atoms with Gasteiger partial charge in [0.2, 0.25) is 0 Å². The first-order chi connectivity index (χ1) is 18.9. The van der Waals surface area contributed by atoms with Gasteiger partial charge < -0.3 is 5.32 Å². The Bertz CT molecular complexity index is 1790. The Balaban J connectivity index is 1.54. The second-order valence-corrected chi connectivity index (χ2v) is 9.70. The molecule has 0 unspecified atom stereocenters. The molecular weight excluding hydrogens is 556 g/mol. The molecule has 8 nitrogen and oxygen atoms in total. The Morgan fingerprint density at radius 3 is 2.21 bits per heavy atom. The minimum atomic E-state index is -0.683. The first kappa shape index (κ1) is 25.7. The number of nitriles is 1. The average Bonchev–Trinajstić information content (AvgIpc) is 3.47. The van der Waals surface area contributed by atoms with Gasteiger partial charge in [0.1, 0.15) is 17.3 Å². The van der Waals surface area contributed by atoms with E-state index in [0.717, 1.165) is 15.7 Å². The van der Waals surface area contributed by atoms with Gasteiger partial charge >= 0.3 is 0 Å². The number of hydrogen-bond acceptors (Lipinski definition) is 4. The van der Waals surface area contributed by atoms with Crippen LogP contribution < -0.4 is 10.9 Å². The molecule has 2 heterocycles. The SMILES string of the molecule is Cc1c(NC(=O)C(C#N)=Cc2cn(-c3ccccc3)nc2-c2ccc(Br)cc2)c(=O)n(-c2ccccc2)n1C. The highest BCUT2D eigenvalue weighted by Gasteiger charge is 2.21. The highest BCUT2D eigenvalue weighted by molar-refractivity contribution is 9.10. The summed E-state index contributed by atoms with van der Waals surface area (Å²) in [4.78, 5) is 26.5. The highest BCUT2D eigenvalue weighted by atomic mass is 79.9. The predicted molar refractivity (Wildman–Crippen MR) is 155 cm³/mol. The maximum atomic E-state index is 13.3. The average molecular weight is 579 g/mol. The molecule has 0 atom stereocenters. The lowest BCUT2D eigenvalue weighted by molar-refractivity contribution is -0.112. The van der Waals surface area contributed by atoms with Crippen LogP contribution in [0.15, 0.2) is 106 Å². The summed E-state index contributed by atoms with van der Waals surface area (Å²) in [7, 11) is 1.74. The monoisotopic (exact) mass is 578 g/mol. The van der Waals surface area contributed by atoms with Gasteiger partial charge in [-0.05, 0) is 49.4 Å². The fourth-order valence-electron chi connectivity index (χ4n) is 4.24. The van der Waals surface area contributed by atoms with Crippen molar-refractivity contribution >= 4 is 33.6 Å². The van der Waals surface area contributed by atoms with Crippen molar-refractivity contribution < 1.29 is 4.79 Å². The van der Waals surface area contributed by atoms with Crippen molar-refractivity contribution in [3.05, 3.63) is 123 Å². The first-order valence-corrected chi connectivity index (χ1v) is 12.8. The summed E-state index contributed by atoms with van der Waals surface area (Å²) in [5.74, 6) is -0.683. The van der Waals surface area contributed by atoms with Crippen molar-refractivity contribution in [3.63, 3.8) is 0 Å². The lowest BCUT2D eigenvalue weighted by Gasteiger charge is -2.07. The largest absolute Gasteiger partial charge is 0.315 e. The summed E-state index contributed by atoms with van der Waals surface area (Å²) in [5.41, 5.74) is 3.63. The minimum absolute atomic E-state index is 0.112. The molecule has 0 saturated carbocycles. The summed E-state index contributed by atoms with van der Waals surface area (Å²) in [6.45, 7) is 1.74. The number of amides is 1. The van der Waals surface area contributed by atoms with Gasteiger partial charge in [-0.2, -0.15) is 10.4 Å². The van der Waals surface area contributed by atoms with Crippen LogP contribution in [0.4, 0.5) is 5.69 Å². The summed E-state index contributed by atoms with van der Waals surface area (Å²) in [5, 5.41) is 17.3. The van der Waals surface area contributed by atoms with Crippen LogP contribution in [0.1, 0.15) is 11.3 Å². The molecule has 1 amide bonds. The zero-order chi connectivity index (χ0) is 27.5. The van der Waals surface area contributed by atoms with Crippen LogP contribution in [0.5, 0.6) is 0 Å². The Labute approximate surface area is 233 Å². The van der Waals surface area contributed by atoms with Crippen molar-refractivity contribution in [1.29, 1.82) is 5.26 Å². The van der Waals surface area contributed by atoms with Gasteiger partial charge in [-0.3, -0.25) is 14.3 Å². The van der Waals surface area contributed by atoms with Gasteiger partial charge in [-0.25, -0.2) is 9.36 Å². The van der Waals surface area contributed by atoms with Gasteiger partial charge in [-0.1, -0.05) is 64.5 Å². The lowest BCUT2D eigenvalue weighted by Crippen LogP contribution is -2.23. The fraction of sp³-hybridized carbons (Fsp3) is 0.0667. The Morgan fingerprint density at radius 1 is 0.974 bits per heavy atom. The van der Waals surface area contributed by atoms with E-state index in [0.29, 0.717) is 22.6 Å². The number of anilines is 1. The number of nitrogens with one attached hydrogen (secondary N) is 1. The van der Waals surface area contributed by atoms with E-state index >= 15 is 0 Å². The molecule has 39 heavy (non-hydrogen) atoms. The van der Waals surface area contributed by atoms with Crippen LogP contribution in [0.3, 0.4) is 0 Å². The van der Waals surface area contributed by atoms with Crippen LogP contribution in [0.2, 0.25) is 0 Å². The number of rotatable bonds is 6. The number of nitrogens with zero attached hydrogens (tertiary/aromatic N) is 5. The number of benzene rings is 3. The normalized spacial score (nSPS) is 11.3. The number of halogens is 1. The molecule has 2 aromatic heterocycles. The number of hydrogen-bond donors (Lipinski definition) is 1. The van der Waals surface area contributed by atoms with Crippen molar-refractivity contribution in [3.8, 4) is 28.7 Å². The molecule has 5 aromatic rings. The molecule has 0 radical (unpaired) electrons. The standard InChI is InChI=1S/C30H23BrN6O2/c1-20-27(30(39)37(35(20)2)26-11-7-4-8-12-26)33-29(38)22(18-32)17-23-19-36(25-9-5-3-6-10-25)34-28(23)21-13-15-24(31)16-14-21/h3-17,19H,1-2H3,(H,33,38). The molecule has 0 spiro atoms. The third kappa shape index (κ3) is 5.10. The summed E-state index contributed by atoms with van der Waals surface area (Å²) < 4.78 is 5.76. The fourth-order valence-corrected chi connectivity index (χ4v) is 4.50. The Morgan fingerprint density at radius 2 is 1.59 bits per heavy atom. The van der Waals surface area contributed by atoms with E-state index in [2.05, 4.69) is 21.2 Å². The zero-order valence-electron chi connectivity index (χ0n) is 21.2. The van der Waals surface area contributed by atoms with Crippen molar-refractivity contribution in [1.82, 2.24) is 19.1 Å². The van der Waals surface area contributed by atoms with E-state index in [1.165, 1.54) is 10.8 Å². The third-order valence-corrected chi connectivity index (χ3v) is 6.87. The van der Waals surface area contributed by atoms with Crippen LogP contribution >= 0.6 is 15.9 Å². The second kappa shape index (κ2) is 10.8. The molecule has 9 heteroatoms. The molecule has 0 saturated heterocycles. The van der Waals surface area contributed by atoms with Crippen LogP contribution in [-0.4, -0.2) is 25.1 Å². The molecule has 0 aliphatic rings. The quantitative estimate of drug-likeness (QED) is 0.208. The Hall–Kier alpha value is -4.94. The number of aromatic nitrogens is 4. The van der Waals surface area contributed by atoms with Gasteiger partial charge in [0.25, 0.3) is 11.5 Å². The smallest absolute Gasteiger partial charge is 0.295 e. The number of carbonyl (C=O) groups excluding carboxylic acids is 1. The summed E-state index contributed by atoms with van der Waals surface area (Å²) >= 11 is 3.45. The van der Waals surface area contributed by atoms with E-state index in [4.69, 9.17) is 5.10 Å². The molecule has 5 rings (SSSR count). The van der Waals surface area contributed by atoms with E-state index in [1.54, 1.807) is 41.7 Å². The van der Waals surface area contributed by atoms with Gasteiger partial charge in [0, 0.05) is 28.8 Å².